The van der Waals surface area contributed by atoms with Gasteiger partial charge in [-0.25, -0.2) is 0 Å². The lowest BCUT2D eigenvalue weighted by atomic mass is 9.99. The number of nitrogens with one attached hydrogen (secondary N) is 1. The standard InChI is InChI=1S/C17H37N/c1-4-7-9-10-11-12-13-15-18-16-17(6-3)14-8-5-2/h17-18H,4-16H2,1-3H3. The van der Waals surface area contributed by atoms with Gasteiger partial charge in [0.2, 0.25) is 0 Å². The second-order valence-corrected chi connectivity index (χ2v) is 5.74. The molecule has 0 aliphatic carbocycles. The largest absolute Gasteiger partial charge is 0.316 e. The van der Waals surface area contributed by atoms with Gasteiger partial charge in [-0.2, -0.15) is 0 Å². The van der Waals surface area contributed by atoms with Crippen LogP contribution in [0.4, 0.5) is 0 Å². The summed E-state index contributed by atoms with van der Waals surface area (Å²) in [7, 11) is 0. The Kier molecular flexibility index (Phi) is 15.0. The molecule has 0 heterocycles. The highest BCUT2D eigenvalue weighted by atomic mass is 14.8. The van der Waals surface area contributed by atoms with Gasteiger partial charge in [-0.3, -0.25) is 0 Å². The molecule has 1 nitrogen and oxygen atoms in total. The molecule has 0 aliphatic heterocycles. The molecule has 110 valence electrons. The third-order valence-electron chi connectivity index (χ3n) is 3.93. The topological polar surface area (TPSA) is 12.0 Å². The van der Waals surface area contributed by atoms with Gasteiger partial charge >= 0.3 is 0 Å². The zero-order valence-electron chi connectivity index (χ0n) is 13.3. The van der Waals surface area contributed by atoms with E-state index in [1.807, 2.05) is 0 Å². The van der Waals surface area contributed by atoms with Crippen LogP contribution in [0.5, 0.6) is 0 Å². The van der Waals surface area contributed by atoms with E-state index in [4.69, 9.17) is 0 Å². The normalized spacial score (nSPS) is 12.8. The van der Waals surface area contributed by atoms with Gasteiger partial charge in [0.05, 0.1) is 0 Å². The van der Waals surface area contributed by atoms with Gasteiger partial charge in [0.25, 0.3) is 0 Å². The minimum atomic E-state index is 0.912. The first-order chi connectivity index (χ1) is 8.85. The molecule has 0 saturated heterocycles. The molecule has 0 aromatic carbocycles. The van der Waals surface area contributed by atoms with Gasteiger partial charge in [0.1, 0.15) is 0 Å². The Labute approximate surface area is 116 Å². The van der Waals surface area contributed by atoms with E-state index < -0.39 is 0 Å². The van der Waals surface area contributed by atoms with E-state index in [0.29, 0.717) is 0 Å². The summed E-state index contributed by atoms with van der Waals surface area (Å²) >= 11 is 0. The summed E-state index contributed by atoms with van der Waals surface area (Å²) in [4.78, 5) is 0. The predicted octanol–water partition coefficient (Wildman–Crippen LogP) is 5.54. The van der Waals surface area contributed by atoms with Crippen molar-refractivity contribution in [2.24, 2.45) is 5.92 Å². The molecule has 1 heteroatoms. The van der Waals surface area contributed by atoms with Crippen molar-refractivity contribution in [3.8, 4) is 0 Å². The number of hydrogen-bond donors (Lipinski definition) is 1. The van der Waals surface area contributed by atoms with Crippen LogP contribution in [0.2, 0.25) is 0 Å². The van der Waals surface area contributed by atoms with Gasteiger partial charge in [-0.05, 0) is 31.8 Å². The summed E-state index contributed by atoms with van der Waals surface area (Å²) in [6.45, 7) is 9.38. The first-order valence-corrected chi connectivity index (χ1v) is 8.55. The van der Waals surface area contributed by atoms with Gasteiger partial charge in [0, 0.05) is 0 Å². The average Bonchev–Trinajstić information content (AvgIpc) is 2.40. The van der Waals surface area contributed by atoms with Crippen molar-refractivity contribution >= 4 is 0 Å². The summed E-state index contributed by atoms with van der Waals surface area (Å²) in [6.07, 6.45) is 15.4. The Morgan fingerprint density at radius 1 is 0.722 bits per heavy atom. The first kappa shape index (κ1) is 18.0. The smallest absolute Gasteiger partial charge is 0.00206 e. The van der Waals surface area contributed by atoms with Crippen LogP contribution in [0.25, 0.3) is 0 Å². The van der Waals surface area contributed by atoms with Crippen molar-refractivity contribution in [1.82, 2.24) is 5.32 Å². The summed E-state index contributed by atoms with van der Waals surface area (Å²) in [5.74, 6) is 0.912. The van der Waals surface area contributed by atoms with Crippen LogP contribution >= 0.6 is 0 Å². The van der Waals surface area contributed by atoms with E-state index in [9.17, 15) is 0 Å². The lowest BCUT2D eigenvalue weighted by Gasteiger charge is -2.15. The van der Waals surface area contributed by atoms with Crippen LogP contribution in [0.1, 0.15) is 91.4 Å². The number of rotatable bonds is 14. The van der Waals surface area contributed by atoms with Gasteiger partial charge in [0.15, 0.2) is 0 Å². The summed E-state index contributed by atoms with van der Waals surface area (Å²) in [5, 5.41) is 3.65. The molecule has 1 unspecified atom stereocenters. The summed E-state index contributed by atoms with van der Waals surface area (Å²) in [6, 6.07) is 0. The molecule has 18 heavy (non-hydrogen) atoms. The highest BCUT2D eigenvalue weighted by Crippen LogP contribution is 2.11. The van der Waals surface area contributed by atoms with Crippen molar-refractivity contribution in [3.05, 3.63) is 0 Å². The van der Waals surface area contributed by atoms with Gasteiger partial charge < -0.3 is 5.32 Å². The van der Waals surface area contributed by atoms with E-state index in [0.717, 1.165) is 5.92 Å². The van der Waals surface area contributed by atoms with E-state index in [1.165, 1.54) is 83.7 Å². The summed E-state index contributed by atoms with van der Waals surface area (Å²) < 4.78 is 0. The van der Waals surface area contributed by atoms with Crippen LogP contribution < -0.4 is 5.32 Å². The SMILES string of the molecule is CCCCCCCCCNCC(CC)CCCC. The molecular formula is C17H37N. The minimum absolute atomic E-state index is 0.912. The molecule has 0 rings (SSSR count). The van der Waals surface area contributed by atoms with Crippen LogP contribution in [0.15, 0.2) is 0 Å². The maximum atomic E-state index is 3.65. The van der Waals surface area contributed by atoms with Crippen LogP contribution in [-0.2, 0) is 0 Å². The van der Waals surface area contributed by atoms with E-state index in [2.05, 4.69) is 26.1 Å². The molecule has 0 bridgehead atoms. The van der Waals surface area contributed by atoms with Gasteiger partial charge in [-0.1, -0.05) is 78.6 Å². The average molecular weight is 255 g/mol. The van der Waals surface area contributed by atoms with E-state index in [1.54, 1.807) is 0 Å². The molecule has 0 fully saturated rings. The second-order valence-electron chi connectivity index (χ2n) is 5.74. The third-order valence-corrected chi connectivity index (χ3v) is 3.93. The Morgan fingerprint density at radius 2 is 1.33 bits per heavy atom. The number of hydrogen-bond acceptors (Lipinski definition) is 1. The van der Waals surface area contributed by atoms with Crippen LogP contribution in [-0.4, -0.2) is 13.1 Å². The maximum absolute atomic E-state index is 3.65. The molecule has 1 N–H and O–H groups in total. The molecule has 0 amide bonds. The molecule has 0 aromatic heterocycles. The second kappa shape index (κ2) is 15.0. The fourth-order valence-corrected chi connectivity index (χ4v) is 2.46. The Balaban J connectivity index is 3.17. The zero-order valence-corrected chi connectivity index (χ0v) is 13.3. The molecule has 1 atom stereocenters. The number of unbranched alkanes of at least 4 members (excludes halogenated alkanes) is 7. The van der Waals surface area contributed by atoms with Crippen molar-refractivity contribution in [1.29, 1.82) is 0 Å². The van der Waals surface area contributed by atoms with E-state index in [-0.39, 0.29) is 0 Å². The third kappa shape index (κ3) is 12.4. The molecule has 0 aromatic rings. The predicted molar refractivity (Wildman–Crippen MR) is 84.2 cm³/mol. The quantitative estimate of drug-likeness (QED) is 0.402. The molecule has 0 saturated carbocycles. The maximum Gasteiger partial charge on any atom is -0.00206 e. The van der Waals surface area contributed by atoms with Crippen molar-refractivity contribution in [2.45, 2.75) is 91.4 Å². The van der Waals surface area contributed by atoms with Crippen molar-refractivity contribution in [3.63, 3.8) is 0 Å². The Bertz CT molecular complexity index is 145. The highest BCUT2D eigenvalue weighted by Gasteiger charge is 2.04. The molecule has 0 radical (unpaired) electrons. The lowest BCUT2D eigenvalue weighted by Crippen LogP contribution is -2.23. The van der Waals surface area contributed by atoms with E-state index >= 15 is 0 Å². The summed E-state index contributed by atoms with van der Waals surface area (Å²) in [5.41, 5.74) is 0. The first-order valence-electron chi connectivity index (χ1n) is 8.55. The van der Waals surface area contributed by atoms with Crippen LogP contribution in [0.3, 0.4) is 0 Å². The highest BCUT2D eigenvalue weighted by molar-refractivity contribution is 4.61. The lowest BCUT2D eigenvalue weighted by molar-refractivity contribution is 0.415. The molecular weight excluding hydrogens is 218 g/mol. The van der Waals surface area contributed by atoms with Crippen molar-refractivity contribution < 1.29 is 0 Å². The van der Waals surface area contributed by atoms with Crippen molar-refractivity contribution in [2.75, 3.05) is 13.1 Å². The van der Waals surface area contributed by atoms with Crippen LogP contribution in [0, 0.1) is 5.92 Å². The fraction of sp³-hybridized carbons (Fsp3) is 1.00. The monoisotopic (exact) mass is 255 g/mol. The minimum Gasteiger partial charge on any atom is -0.316 e. The molecule has 0 aliphatic rings. The zero-order chi connectivity index (χ0) is 13.5. The Morgan fingerprint density at radius 3 is 1.94 bits per heavy atom. The fourth-order valence-electron chi connectivity index (χ4n) is 2.46. The van der Waals surface area contributed by atoms with Gasteiger partial charge in [-0.15, -0.1) is 0 Å². The Hall–Kier alpha value is -0.0400. The molecule has 0 spiro atoms.